The highest BCUT2D eigenvalue weighted by Crippen LogP contribution is 2.48. The number of hydrogen-bond donors (Lipinski definition) is 4. The second-order valence-corrected chi connectivity index (χ2v) is 11.2. The summed E-state index contributed by atoms with van der Waals surface area (Å²) < 4.78 is 5.85. The van der Waals surface area contributed by atoms with Crippen LogP contribution in [0.5, 0.6) is 11.5 Å². The fraction of sp³-hybridized carbons (Fsp3) is 0.357. The maximum absolute atomic E-state index is 13.5. The smallest absolute Gasteiger partial charge is 0.326 e. The Bertz CT molecular complexity index is 1320. The van der Waals surface area contributed by atoms with E-state index in [0.717, 1.165) is 37.9 Å². The number of urea groups is 1. The van der Waals surface area contributed by atoms with Gasteiger partial charge in [-0.2, -0.15) is 0 Å². The van der Waals surface area contributed by atoms with Crippen molar-refractivity contribution in [3.8, 4) is 11.5 Å². The van der Waals surface area contributed by atoms with Gasteiger partial charge in [0.1, 0.15) is 11.5 Å². The van der Waals surface area contributed by atoms with E-state index in [1.165, 1.54) is 17.8 Å². The number of rotatable bonds is 7. The summed E-state index contributed by atoms with van der Waals surface area (Å²) in [5.74, 6) is 0.789. The largest absolute Gasteiger partial charge is 0.456 e. The molecule has 0 radical (unpaired) electrons. The Balaban J connectivity index is 1.20. The van der Waals surface area contributed by atoms with Crippen molar-refractivity contribution in [3.63, 3.8) is 0 Å². The lowest BCUT2D eigenvalue weighted by Gasteiger charge is -2.45. The number of aromatic nitrogens is 1. The van der Waals surface area contributed by atoms with E-state index in [4.69, 9.17) is 4.74 Å². The molecule has 1 saturated carbocycles. The first kappa shape index (κ1) is 25.4. The Hall–Kier alpha value is -3.83. The highest BCUT2D eigenvalue weighted by atomic mass is 32.2. The number of benzene rings is 1. The SMILES string of the molecule is C=CC(=O)N[C@H]1CCC[C@H]1NC(=O)C1=C2NC(=O)N(c3ccc(Oc4cccnc4)cc3)C3CCNC(S1)C23. The molecule has 202 valence electrons. The Morgan fingerprint density at radius 2 is 1.90 bits per heavy atom. The Morgan fingerprint density at radius 1 is 1.10 bits per heavy atom. The summed E-state index contributed by atoms with van der Waals surface area (Å²) in [4.78, 5) is 45.1. The maximum Gasteiger partial charge on any atom is 0.326 e. The molecular formula is C28H30N6O4S. The van der Waals surface area contributed by atoms with Crippen LogP contribution in [-0.2, 0) is 9.59 Å². The molecule has 1 aromatic heterocycles. The van der Waals surface area contributed by atoms with Crippen molar-refractivity contribution in [3.05, 3.63) is 72.0 Å². The Morgan fingerprint density at radius 3 is 2.64 bits per heavy atom. The van der Waals surface area contributed by atoms with Gasteiger partial charge in [-0.05, 0) is 74.7 Å². The number of amides is 4. The van der Waals surface area contributed by atoms with Gasteiger partial charge in [0.25, 0.3) is 5.91 Å². The Kier molecular flexibility index (Phi) is 7.01. The predicted molar refractivity (Wildman–Crippen MR) is 148 cm³/mol. The van der Waals surface area contributed by atoms with E-state index < -0.39 is 0 Å². The number of pyridine rings is 1. The molecule has 4 N–H and O–H groups in total. The number of carbonyl (C=O) groups excluding carboxylic acids is 3. The summed E-state index contributed by atoms with van der Waals surface area (Å²) in [5.41, 5.74) is 1.45. The minimum absolute atomic E-state index is 0.0179. The molecule has 4 heterocycles. The van der Waals surface area contributed by atoms with Gasteiger partial charge in [0.05, 0.1) is 22.5 Å². The van der Waals surface area contributed by atoms with Crippen molar-refractivity contribution in [2.45, 2.75) is 49.2 Å². The molecule has 0 spiro atoms. The maximum atomic E-state index is 13.5. The van der Waals surface area contributed by atoms with Crippen LogP contribution in [0.2, 0.25) is 0 Å². The number of piperidine rings is 1. The van der Waals surface area contributed by atoms with E-state index >= 15 is 0 Å². The van der Waals surface area contributed by atoms with Crippen molar-refractivity contribution in [1.82, 2.24) is 26.3 Å². The van der Waals surface area contributed by atoms with Crippen LogP contribution < -0.4 is 30.9 Å². The molecule has 1 aromatic carbocycles. The highest BCUT2D eigenvalue weighted by molar-refractivity contribution is 8.04. The third-order valence-electron chi connectivity index (χ3n) is 7.68. The second-order valence-electron chi connectivity index (χ2n) is 10.0. The first-order valence-corrected chi connectivity index (χ1v) is 14.1. The van der Waals surface area contributed by atoms with E-state index in [9.17, 15) is 14.4 Å². The molecule has 4 aliphatic rings. The number of carbonyl (C=O) groups is 3. The van der Waals surface area contributed by atoms with Crippen molar-refractivity contribution >= 4 is 35.3 Å². The summed E-state index contributed by atoms with van der Waals surface area (Å²) in [6, 6.07) is 10.4. The molecule has 1 aliphatic carbocycles. The van der Waals surface area contributed by atoms with Crippen LogP contribution in [0.1, 0.15) is 25.7 Å². The highest BCUT2D eigenvalue weighted by Gasteiger charge is 2.52. The molecule has 2 aromatic rings. The van der Waals surface area contributed by atoms with Crippen molar-refractivity contribution in [1.29, 1.82) is 0 Å². The molecule has 2 saturated heterocycles. The molecule has 3 unspecified atom stereocenters. The number of thioether (sulfide) groups is 1. The van der Waals surface area contributed by atoms with Gasteiger partial charge in [-0.15, -0.1) is 0 Å². The van der Waals surface area contributed by atoms with E-state index in [1.54, 1.807) is 23.4 Å². The molecule has 39 heavy (non-hydrogen) atoms. The molecule has 10 nitrogen and oxygen atoms in total. The normalized spacial score (nSPS) is 27.4. The van der Waals surface area contributed by atoms with Crippen LogP contribution in [0.4, 0.5) is 10.5 Å². The molecule has 3 aliphatic heterocycles. The van der Waals surface area contributed by atoms with Gasteiger partial charge in [-0.25, -0.2) is 4.79 Å². The van der Waals surface area contributed by atoms with Crippen molar-refractivity contribution in [2.75, 3.05) is 11.4 Å². The van der Waals surface area contributed by atoms with Crippen LogP contribution in [0.25, 0.3) is 0 Å². The minimum atomic E-state index is -0.252. The van der Waals surface area contributed by atoms with Crippen LogP contribution in [-0.4, -0.2) is 52.9 Å². The lowest BCUT2D eigenvalue weighted by molar-refractivity contribution is -0.119. The second kappa shape index (κ2) is 10.7. The monoisotopic (exact) mass is 546 g/mol. The van der Waals surface area contributed by atoms with Gasteiger partial charge in [0.15, 0.2) is 0 Å². The molecule has 4 amide bonds. The summed E-state index contributed by atoms with van der Waals surface area (Å²) in [5, 5.41) is 12.6. The Labute approximate surface area is 230 Å². The van der Waals surface area contributed by atoms with Gasteiger partial charge in [-0.1, -0.05) is 18.3 Å². The van der Waals surface area contributed by atoms with Crippen LogP contribution in [0.15, 0.2) is 72.0 Å². The third-order valence-corrected chi connectivity index (χ3v) is 9.03. The number of ether oxygens (including phenoxy) is 1. The number of hydrogen-bond acceptors (Lipinski definition) is 7. The van der Waals surface area contributed by atoms with Crippen molar-refractivity contribution in [2.24, 2.45) is 5.92 Å². The fourth-order valence-electron chi connectivity index (χ4n) is 5.92. The first-order valence-electron chi connectivity index (χ1n) is 13.2. The van der Waals surface area contributed by atoms with E-state index in [0.29, 0.717) is 22.1 Å². The van der Waals surface area contributed by atoms with Gasteiger partial charge in [-0.3, -0.25) is 19.5 Å². The number of nitrogens with zero attached hydrogens (tertiary/aromatic N) is 2. The van der Waals surface area contributed by atoms with Gasteiger partial charge >= 0.3 is 6.03 Å². The molecule has 5 atom stereocenters. The zero-order chi connectivity index (χ0) is 26.9. The summed E-state index contributed by atoms with van der Waals surface area (Å²) in [6.07, 6.45) is 7.84. The van der Waals surface area contributed by atoms with E-state index in [1.807, 2.05) is 30.3 Å². The van der Waals surface area contributed by atoms with Crippen LogP contribution in [0.3, 0.4) is 0 Å². The first-order chi connectivity index (χ1) is 19.0. The lowest BCUT2D eigenvalue weighted by Crippen LogP contribution is -2.62. The summed E-state index contributed by atoms with van der Waals surface area (Å²) in [7, 11) is 0. The minimum Gasteiger partial charge on any atom is -0.456 e. The zero-order valence-electron chi connectivity index (χ0n) is 21.3. The van der Waals surface area contributed by atoms with Gasteiger partial charge in [0.2, 0.25) is 5.91 Å². The predicted octanol–water partition coefficient (Wildman–Crippen LogP) is 3.01. The van der Waals surface area contributed by atoms with Crippen LogP contribution in [0, 0.1) is 5.92 Å². The molecule has 0 bridgehead atoms. The molecule has 3 fully saturated rings. The fourth-order valence-corrected chi connectivity index (χ4v) is 7.32. The zero-order valence-corrected chi connectivity index (χ0v) is 22.1. The lowest BCUT2D eigenvalue weighted by atomic mass is 9.86. The number of anilines is 1. The molecular weight excluding hydrogens is 516 g/mol. The standard InChI is InChI=1S/C28H30N6O4S/c1-2-22(35)31-19-6-3-7-20(19)32-26(36)25-24-23-21(12-14-30-27(23)39-25)34(28(37)33-24)16-8-10-17(11-9-16)38-18-5-4-13-29-15-18/h2,4-5,8-11,13,15,19-21,23,27,30H,1,3,6-7,12,14H2,(H,31,35)(H,32,36)(H,33,37)/t19-,20+,21?,23?,27?/m0/s1. The van der Waals surface area contributed by atoms with Gasteiger partial charge < -0.3 is 26.0 Å². The van der Waals surface area contributed by atoms with Crippen LogP contribution >= 0.6 is 11.8 Å². The molecule has 11 heteroatoms. The van der Waals surface area contributed by atoms with Gasteiger partial charge in [0, 0.05) is 35.6 Å². The number of nitrogens with one attached hydrogen (secondary N) is 4. The van der Waals surface area contributed by atoms with E-state index in [2.05, 4.69) is 32.8 Å². The van der Waals surface area contributed by atoms with Crippen molar-refractivity contribution < 1.29 is 19.1 Å². The summed E-state index contributed by atoms with van der Waals surface area (Å²) in [6.45, 7) is 4.26. The average molecular weight is 547 g/mol. The summed E-state index contributed by atoms with van der Waals surface area (Å²) >= 11 is 1.47. The molecule has 6 rings (SSSR count). The average Bonchev–Trinajstić information content (AvgIpc) is 3.54. The quantitative estimate of drug-likeness (QED) is 0.394. The van der Waals surface area contributed by atoms with E-state index in [-0.39, 0.29) is 47.3 Å². The third kappa shape index (κ3) is 4.99. The topological polar surface area (TPSA) is 125 Å².